The molecule has 0 radical (unpaired) electrons. The molecular weight excluding hydrogens is 326 g/mol. The van der Waals surface area contributed by atoms with E-state index in [9.17, 15) is 4.79 Å². The van der Waals surface area contributed by atoms with Gasteiger partial charge in [0, 0.05) is 36.4 Å². The number of halogens is 1. The highest BCUT2D eigenvalue weighted by atomic mass is 35.5. The van der Waals surface area contributed by atoms with Crippen LogP contribution in [-0.2, 0) is 0 Å². The van der Waals surface area contributed by atoms with Crippen LogP contribution in [0.25, 0.3) is 0 Å². The highest BCUT2D eigenvalue weighted by molar-refractivity contribution is 6.30. The minimum Gasteiger partial charge on any atom is -0.493 e. The Morgan fingerprint density at radius 2 is 2.21 bits per heavy atom. The van der Waals surface area contributed by atoms with E-state index in [2.05, 4.69) is 4.98 Å². The Labute approximate surface area is 146 Å². The molecule has 5 nitrogen and oxygen atoms in total. The first kappa shape index (κ1) is 16.7. The van der Waals surface area contributed by atoms with Crippen molar-refractivity contribution in [3.05, 3.63) is 58.9 Å². The number of amides is 1. The van der Waals surface area contributed by atoms with Gasteiger partial charge < -0.3 is 15.4 Å². The summed E-state index contributed by atoms with van der Waals surface area (Å²) in [5.41, 5.74) is 7.19. The molecule has 3 rings (SSSR count). The van der Waals surface area contributed by atoms with Crippen molar-refractivity contribution in [2.24, 2.45) is 5.73 Å². The molecule has 2 N–H and O–H groups in total. The molecule has 24 heavy (non-hydrogen) atoms. The fourth-order valence-electron chi connectivity index (χ4n) is 2.70. The van der Waals surface area contributed by atoms with Gasteiger partial charge >= 0.3 is 0 Å². The second kappa shape index (κ2) is 7.64. The lowest BCUT2D eigenvalue weighted by atomic mass is 9.92. The molecule has 1 fully saturated rings. The van der Waals surface area contributed by atoms with E-state index >= 15 is 0 Å². The van der Waals surface area contributed by atoms with E-state index in [1.54, 1.807) is 24.4 Å². The third kappa shape index (κ3) is 3.68. The summed E-state index contributed by atoms with van der Waals surface area (Å²) in [5, 5.41) is 0.547. The maximum atomic E-state index is 12.7. The third-order valence-electron chi connectivity index (χ3n) is 4.10. The SMILES string of the molecule is NCCCOc1cc(Cl)ccc1C(=O)N1CC(c2cccnc2)C1. The van der Waals surface area contributed by atoms with Crippen LogP contribution in [0.2, 0.25) is 5.02 Å². The number of carbonyl (C=O) groups excluding carboxylic acids is 1. The van der Waals surface area contributed by atoms with Crippen molar-refractivity contribution in [3.8, 4) is 5.75 Å². The number of nitrogens with zero attached hydrogens (tertiary/aromatic N) is 2. The summed E-state index contributed by atoms with van der Waals surface area (Å²) in [6.07, 6.45) is 4.34. The van der Waals surface area contributed by atoms with Gasteiger partial charge in [0.2, 0.25) is 0 Å². The van der Waals surface area contributed by atoms with Gasteiger partial charge in [0.1, 0.15) is 5.75 Å². The van der Waals surface area contributed by atoms with Crippen molar-refractivity contribution in [2.45, 2.75) is 12.3 Å². The molecule has 2 aromatic rings. The molecule has 126 valence electrons. The molecule has 1 aromatic heterocycles. The monoisotopic (exact) mass is 345 g/mol. The minimum absolute atomic E-state index is 0.0328. The molecule has 1 amide bonds. The van der Waals surface area contributed by atoms with Crippen LogP contribution < -0.4 is 10.5 Å². The van der Waals surface area contributed by atoms with Gasteiger partial charge in [0.05, 0.1) is 12.2 Å². The molecule has 0 atom stereocenters. The van der Waals surface area contributed by atoms with Crippen molar-refractivity contribution in [1.29, 1.82) is 0 Å². The van der Waals surface area contributed by atoms with Crippen molar-refractivity contribution < 1.29 is 9.53 Å². The van der Waals surface area contributed by atoms with Gasteiger partial charge in [-0.25, -0.2) is 0 Å². The quantitative estimate of drug-likeness (QED) is 0.817. The summed E-state index contributed by atoms with van der Waals surface area (Å²) in [6, 6.07) is 9.08. The van der Waals surface area contributed by atoms with Crippen LogP contribution in [0.5, 0.6) is 5.75 Å². The summed E-state index contributed by atoms with van der Waals surface area (Å²) in [7, 11) is 0. The van der Waals surface area contributed by atoms with Crippen molar-refractivity contribution in [2.75, 3.05) is 26.2 Å². The molecule has 0 bridgehead atoms. The second-order valence-electron chi connectivity index (χ2n) is 5.82. The van der Waals surface area contributed by atoms with E-state index < -0.39 is 0 Å². The normalized spacial score (nSPS) is 14.3. The highest BCUT2D eigenvalue weighted by Crippen LogP contribution is 2.31. The lowest BCUT2D eigenvalue weighted by molar-refractivity contribution is 0.0597. The molecule has 1 aromatic carbocycles. The first-order chi connectivity index (χ1) is 11.7. The number of nitrogens with two attached hydrogens (primary N) is 1. The number of likely N-dealkylation sites (tertiary alicyclic amines) is 1. The van der Waals surface area contributed by atoms with Crippen LogP contribution >= 0.6 is 11.6 Å². The number of hydrogen-bond acceptors (Lipinski definition) is 4. The summed E-state index contributed by atoms with van der Waals surface area (Å²) in [6.45, 7) is 2.39. The number of rotatable bonds is 6. The first-order valence-electron chi connectivity index (χ1n) is 8.00. The number of ether oxygens (including phenoxy) is 1. The van der Waals surface area contributed by atoms with Crippen molar-refractivity contribution in [3.63, 3.8) is 0 Å². The summed E-state index contributed by atoms with van der Waals surface area (Å²) < 4.78 is 5.69. The summed E-state index contributed by atoms with van der Waals surface area (Å²) >= 11 is 6.03. The molecule has 0 unspecified atom stereocenters. The van der Waals surface area contributed by atoms with Crippen molar-refractivity contribution in [1.82, 2.24) is 9.88 Å². The Bertz CT molecular complexity index is 703. The van der Waals surface area contributed by atoms with E-state index in [1.807, 2.05) is 23.2 Å². The fourth-order valence-corrected chi connectivity index (χ4v) is 2.86. The molecule has 1 aliphatic rings. The smallest absolute Gasteiger partial charge is 0.257 e. The topological polar surface area (TPSA) is 68.5 Å². The van der Waals surface area contributed by atoms with E-state index in [0.29, 0.717) is 48.5 Å². The maximum absolute atomic E-state index is 12.7. The predicted molar refractivity (Wildman–Crippen MR) is 93.5 cm³/mol. The van der Waals surface area contributed by atoms with Gasteiger partial charge in [0.15, 0.2) is 0 Å². The van der Waals surface area contributed by atoms with Gasteiger partial charge in [-0.1, -0.05) is 17.7 Å². The highest BCUT2D eigenvalue weighted by Gasteiger charge is 2.33. The van der Waals surface area contributed by atoms with Crippen LogP contribution in [0.15, 0.2) is 42.7 Å². The second-order valence-corrected chi connectivity index (χ2v) is 6.26. The van der Waals surface area contributed by atoms with Gasteiger partial charge in [-0.15, -0.1) is 0 Å². The Morgan fingerprint density at radius 1 is 1.38 bits per heavy atom. The molecule has 0 aliphatic carbocycles. The molecule has 0 saturated carbocycles. The maximum Gasteiger partial charge on any atom is 0.257 e. The molecule has 6 heteroatoms. The van der Waals surface area contributed by atoms with Crippen LogP contribution in [0.1, 0.15) is 28.3 Å². The zero-order valence-electron chi connectivity index (χ0n) is 13.3. The zero-order chi connectivity index (χ0) is 16.9. The fraction of sp³-hybridized carbons (Fsp3) is 0.333. The number of pyridine rings is 1. The van der Waals surface area contributed by atoms with E-state index in [0.717, 1.165) is 12.0 Å². The largest absolute Gasteiger partial charge is 0.493 e. The number of hydrogen-bond donors (Lipinski definition) is 1. The summed E-state index contributed by atoms with van der Waals surface area (Å²) in [5.74, 6) is 0.830. The average Bonchev–Trinajstić information content (AvgIpc) is 2.55. The molecule has 2 heterocycles. The van der Waals surface area contributed by atoms with E-state index in [4.69, 9.17) is 22.1 Å². The summed E-state index contributed by atoms with van der Waals surface area (Å²) in [4.78, 5) is 18.7. The van der Waals surface area contributed by atoms with Crippen LogP contribution in [0.4, 0.5) is 0 Å². The Morgan fingerprint density at radius 3 is 2.92 bits per heavy atom. The number of carbonyl (C=O) groups is 1. The average molecular weight is 346 g/mol. The third-order valence-corrected chi connectivity index (χ3v) is 4.34. The number of aromatic nitrogens is 1. The lowest BCUT2D eigenvalue weighted by Crippen LogP contribution is -2.48. The molecule has 1 saturated heterocycles. The van der Waals surface area contributed by atoms with Gasteiger partial charge in [-0.2, -0.15) is 0 Å². The van der Waals surface area contributed by atoms with Crippen LogP contribution in [-0.4, -0.2) is 42.0 Å². The molecule has 1 aliphatic heterocycles. The van der Waals surface area contributed by atoms with Gasteiger partial charge in [-0.05, 0) is 42.8 Å². The Hall–Kier alpha value is -2.11. The zero-order valence-corrected chi connectivity index (χ0v) is 14.1. The van der Waals surface area contributed by atoms with E-state index in [1.165, 1.54) is 0 Å². The van der Waals surface area contributed by atoms with Gasteiger partial charge in [0.25, 0.3) is 5.91 Å². The van der Waals surface area contributed by atoms with Gasteiger partial charge in [-0.3, -0.25) is 9.78 Å². The minimum atomic E-state index is -0.0328. The Kier molecular flexibility index (Phi) is 5.33. The molecular formula is C18H20ClN3O2. The predicted octanol–water partition coefficient (Wildman–Crippen LogP) is 2.70. The number of benzene rings is 1. The first-order valence-corrected chi connectivity index (χ1v) is 8.38. The lowest BCUT2D eigenvalue weighted by Gasteiger charge is -2.39. The van der Waals surface area contributed by atoms with Crippen molar-refractivity contribution >= 4 is 17.5 Å². The molecule has 0 spiro atoms. The van der Waals surface area contributed by atoms with Crippen LogP contribution in [0.3, 0.4) is 0 Å². The Balaban J connectivity index is 1.67. The van der Waals surface area contributed by atoms with E-state index in [-0.39, 0.29) is 5.91 Å². The van der Waals surface area contributed by atoms with Crippen LogP contribution in [0, 0.1) is 0 Å². The standard InChI is InChI=1S/C18H20ClN3O2/c19-15-4-5-16(17(9-15)24-8-2-6-20)18(23)22-11-14(12-22)13-3-1-7-21-10-13/h1,3-5,7,9-10,14H,2,6,8,11-12,20H2.